The summed E-state index contributed by atoms with van der Waals surface area (Å²) in [4.78, 5) is 2.69. The molecule has 0 bridgehead atoms. The SMILES string of the molecule is CC1CCC(N)C(N2CCC(C(C)(C)C)C2)C1. The standard InChI is InChI=1S/C15H30N2/c1-11-5-6-13(16)14(9-11)17-8-7-12(10-17)15(2,3)4/h11-14H,5-10,16H2,1-4H3. The zero-order valence-electron chi connectivity index (χ0n) is 12.1. The van der Waals surface area contributed by atoms with E-state index < -0.39 is 0 Å². The summed E-state index contributed by atoms with van der Waals surface area (Å²) in [5.41, 5.74) is 6.79. The molecule has 0 aromatic heterocycles. The van der Waals surface area contributed by atoms with Gasteiger partial charge in [-0.3, -0.25) is 4.90 Å². The Morgan fingerprint density at radius 3 is 2.41 bits per heavy atom. The molecule has 100 valence electrons. The average Bonchev–Trinajstić information content (AvgIpc) is 2.70. The summed E-state index contributed by atoms with van der Waals surface area (Å²) in [5.74, 6) is 1.72. The normalized spacial score (nSPS) is 40.8. The van der Waals surface area contributed by atoms with E-state index in [9.17, 15) is 0 Å². The highest BCUT2D eigenvalue weighted by molar-refractivity contribution is 4.93. The Morgan fingerprint density at radius 2 is 1.82 bits per heavy atom. The summed E-state index contributed by atoms with van der Waals surface area (Å²) in [6.45, 7) is 12.1. The molecule has 2 aliphatic rings. The van der Waals surface area contributed by atoms with E-state index in [1.54, 1.807) is 0 Å². The number of hydrogen-bond acceptors (Lipinski definition) is 2. The fourth-order valence-electron chi connectivity index (χ4n) is 3.59. The first-order valence-corrected chi connectivity index (χ1v) is 7.37. The number of hydrogen-bond donors (Lipinski definition) is 1. The summed E-state index contributed by atoms with van der Waals surface area (Å²) < 4.78 is 0. The largest absolute Gasteiger partial charge is 0.326 e. The van der Waals surface area contributed by atoms with Crippen molar-refractivity contribution in [3.8, 4) is 0 Å². The van der Waals surface area contributed by atoms with Crippen molar-refractivity contribution in [2.75, 3.05) is 13.1 Å². The Morgan fingerprint density at radius 1 is 1.12 bits per heavy atom. The van der Waals surface area contributed by atoms with Crippen LogP contribution in [0.15, 0.2) is 0 Å². The maximum atomic E-state index is 6.33. The van der Waals surface area contributed by atoms with Gasteiger partial charge in [0, 0.05) is 18.6 Å². The van der Waals surface area contributed by atoms with Crippen LogP contribution < -0.4 is 5.73 Å². The van der Waals surface area contributed by atoms with Gasteiger partial charge in [0.25, 0.3) is 0 Å². The zero-order chi connectivity index (χ0) is 12.6. The van der Waals surface area contributed by atoms with Crippen LogP contribution in [0.25, 0.3) is 0 Å². The maximum Gasteiger partial charge on any atom is 0.0249 e. The summed E-state index contributed by atoms with van der Waals surface area (Å²) >= 11 is 0. The average molecular weight is 238 g/mol. The van der Waals surface area contributed by atoms with E-state index in [-0.39, 0.29) is 0 Å². The van der Waals surface area contributed by atoms with Gasteiger partial charge in [0.2, 0.25) is 0 Å². The van der Waals surface area contributed by atoms with Crippen molar-refractivity contribution < 1.29 is 0 Å². The van der Waals surface area contributed by atoms with Crippen LogP contribution in [0.4, 0.5) is 0 Å². The van der Waals surface area contributed by atoms with Crippen LogP contribution in [0.2, 0.25) is 0 Å². The summed E-state index contributed by atoms with van der Waals surface area (Å²) in [7, 11) is 0. The first-order valence-electron chi connectivity index (χ1n) is 7.37. The molecule has 17 heavy (non-hydrogen) atoms. The highest BCUT2D eigenvalue weighted by Gasteiger charge is 2.38. The Bertz CT molecular complexity index is 256. The van der Waals surface area contributed by atoms with Gasteiger partial charge >= 0.3 is 0 Å². The highest BCUT2D eigenvalue weighted by atomic mass is 15.2. The molecule has 1 aliphatic carbocycles. The molecule has 2 fully saturated rings. The highest BCUT2D eigenvalue weighted by Crippen LogP contribution is 2.37. The molecule has 4 unspecified atom stereocenters. The van der Waals surface area contributed by atoms with Crippen LogP contribution in [-0.2, 0) is 0 Å². The molecule has 1 aliphatic heterocycles. The van der Waals surface area contributed by atoms with Gasteiger partial charge in [-0.25, -0.2) is 0 Å². The second-order valence-corrected chi connectivity index (χ2v) is 7.50. The van der Waals surface area contributed by atoms with Crippen molar-refractivity contribution in [2.24, 2.45) is 23.0 Å². The Hall–Kier alpha value is -0.0800. The van der Waals surface area contributed by atoms with Gasteiger partial charge in [0.1, 0.15) is 0 Å². The lowest BCUT2D eigenvalue weighted by molar-refractivity contribution is 0.126. The lowest BCUT2D eigenvalue weighted by Crippen LogP contribution is -2.50. The summed E-state index contributed by atoms with van der Waals surface area (Å²) in [6.07, 6.45) is 5.23. The van der Waals surface area contributed by atoms with E-state index in [0.717, 1.165) is 11.8 Å². The molecule has 0 aromatic rings. The van der Waals surface area contributed by atoms with Crippen LogP contribution in [0.3, 0.4) is 0 Å². The van der Waals surface area contributed by atoms with Gasteiger partial charge in [-0.15, -0.1) is 0 Å². The van der Waals surface area contributed by atoms with Gasteiger partial charge in [0.05, 0.1) is 0 Å². The lowest BCUT2D eigenvalue weighted by Gasteiger charge is -2.39. The fraction of sp³-hybridized carbons (Fsp3) is 1.00. The molecule has 0 aromatic carbocycles. The Labute approximate surface area is 107 Å². The van der Waals surface area contributed by atoms with E-state index in [1.165, 1.54) is 38.8 Å². The molecule has 2 nitrogen and oxygen atoms in total. The first-order chi connectivity index (χ1) is 7.88. The van der Waals surface area contributed by atoms with Crippen molar-refractivity contribution in [3.05, 3.63) is 0 Å². The predicted octanol–water partition coefficient (Wildman–Crippen LogP) is 2.87. The molecular weight excluding hydrogens is 208 g/mol. The lowest BCUT2D eigenvalue weighted by atomic mass is 9.80. The number of nitrogens with zero attached hydrogens (tertiary/aromatic N) is 1. The van der Waals surface area contributed by atoms with Crippen molar-refractivity contribution in [3.63, 3.8) is 0 Å². The molecule has 1 saturated carbocycles. The van der Waals surface area contributed by atoms with Crippen LogP contribution in [0.1, 0.15) is 53.4 Å². The number of nitrogens with two attached hydrogens (primary N) is 1. The minimum absolute atomic E-state index is 0.421. The van der Waals surface area contributed by atoms with Gasteiger partial charge in [-0.2, -0.15) is 0 Å². The molecule has 4 atom stereocenters. The second-order valence-electron chi connectivity index (χ2n) is 7.50. The van der Waals surface area contributed by atoms with Gasteiger partial charge in [-0.05, 0) is 49.5 Å². The summed E-state index contributed by atoms with van der Waals surface area (Å²) in [6, 6.07) is 1.08. The van der Waals surface area contributed by atoms with E-state index in [0.29, 0.717) is 17.5 Å². The Kier molecular flexibility index (Phi) is 3.84. The van der Waals surface area contributed by atoms with E-state index >= 15 is 0 Å². The maximum absolute atomic E-state index is 6.33. The molecular formula is C15H30N2. The molecule has 0 amide bonds. The van der Waals surface area contributed by atoms with Crippen LogP contribution in [-0.4, -0.2) is 30.1 Å². The monoisotopic (exact) mass is 238 g/mol. The topological polar surface area (TPSA) is 29.3 Å². The number of rotatable bonds is 1. The minimum atomic E-state index is 0.421. The molecule has 2 rings (SSSR count). The van der Waals surface area contributed by atoms with Crippen LogP contribution in [0, 0.1) is 17.3 Å². The van der Waals surface area contributed by atoms with Crippen LogP contribution in [0.5, 0.6) is 0 Å². The number of likely N-dealkylation sites (tertiary alicyclic amines) is 1. The Balaban J connectivity index is 1.95. The third-order valence-electron chi connectivity index (χ3n) is 5.04. The predicted molar refractivity (Wildman–Crippen MR) is 73.9 cm³/mol. The third-order valence-corrected chi connectivity index (χ3v) is 5.04. The zero-order valence-corrected chi connectivity index (χ0v) is 12.1. The van der Waals surface area contributed by atoms with Gasteiger partial charge in [-0.1, -0.05) is 27.7 Å². The molecule has 2 N–H and O–H groups in total. The van der Waals surface area contributed by atoms with Crippen molar-refractivity contribution in [1.82, 2.24) is 4.90 Å². The molecule has 0 spiro atoms. The van der Waals surface area contributed by atoms with Crippen molar-refractivity contribution in [2.45, 2.75) is 65.5 Å². The van der Waals surface area contributed by atoms with E-state index in [1.807, 2.05) is 0 Å². The van der Waals surface area contributed by atoms with Crippen LogP contribution >= 0.6 is 0 Å². The smallest absolute Gasteiger partial charge is 0.0249 e. The van der Waals surface area contributed by atoms with E-state index in [2.05, 4.69) is 32.6 Å². The van der Waals surface area contributed by atoms with Gasteiger partial charge < -0.3 is 5.73 Å². The molecule has 1 saturated heterocycles. The second kappa shape index (κ2) is 4.89. The molecule has 0 radical (unpaired) electrons. The van der Waals surface area contributed by atoms with E-state index in [4.69, 9.17) is 5.73 Å². The van der Waals surface area contributed by atoms with Crippen molar-refractivity contribution in [1.29, 1.82) is 0 Å². The first kappa shape index (κ1) is 13.4. The quantitative estimate of drug-likeness (QED) is 0.761. The fourth-order valence-corrected chi connectivity index (χ4v) is 3.59. The summed E-state index contributed by atoms with van der Waals surface area (Å²) in [5, 5.41) is 0. The van der Waals surface area contributed by atoms with Gasteiger partial charge in [0.15, 0.2) is 0 Å². The molecule has 2 heteroatoms. The third kappa shape index (κ3) is 3.03. The van der Waals surface area contributed by atoms with Crippen molar-refractivity contribution >= 4 is 0 Å². The minimum Gasteiger partial charge on any atom is -0.326 e. The molecule has 1 heterocycles.